The third kappa shape index (κ3) is 5.25. The molecule has 1 aromatic heterocycles. The van der Waals surface area contributed by atoms with E-state index in [0.717, 1.165) is 33.9 Å². The lowest BCUT2D eigenvalue weighted by Crippen LogP contribution is -2.54. The average molecular weight is 501 g/mol. The highest BCUT2D eigenvalue weighted by Gasteiger charge is 2.50. The van der Waals surface area contributed by atoms with Crippen LogP contribution >= 0.6 is 0 Å². The van der Waals surface area contributed by atoms with Crippen LogP contribution in [-0.2, 0) is 27.3 Å². The van der Waals surface area contributed by atoms with Gasteiger partial charge >= 0.3 is 12.1 Å². The zero-order valence-electron chi connectivity index (χ0n) is 21.5. The summed E-state index contributed by atoms with van der Waals surface area (Å²) in [6, 6.07) is 17.7. The molecule has 1 atom stereocenters. The number of carbonyl (C=O) groups excluding carboxylic acids is 2. The highest BCUT2D eigenvalue weighted by Crippen LogP contribution is 2.54. The number of carbonyl (C=O) groups is 2. The number of aromatic nitrogens is 1. The molecule has 194 valence electrons. The van der Waals surface area contributed by atoms with Gasteiger partial charge in [0.25, 0.3) is 0 Å². The van der Waals surface area contributed by atoms with Crippen molar-refractivity contribution in [1.29, 1.82) is 0 Å². The van der Waals surface area contributed by atoms with Gasteiger partial charge in [0.05, 0.1) is 12.0 Å². The summed E-state index contributed by atoms with van der Waals surface area (Å²) in [7, 11) is 0. The van der Waals surface area contributed by atoms with Gasteiger partial charge in [-0.2, -0.15) is 0 Å². The van der Waals surface area contributed by atoms with Gasteiger partial charge in [-0.15, -0.1) is 0 Å². The van der Waals surface area contributed by atoms with Crippen molar-refractivity contribution in [3.05, 3.63) is 71.9 Å². The number of benzene rings is 2. The van der Waals surface area contributed by atoms with Crippen LogP contribution in [0.5, 0.6) is 0 Å². The number of hydrogen-bond acceptors (Lipinski definition) is 4. The number of hydrogen-bond donors (Lipinski definition) is 2. The van der Waals surface area contributed by atoms with Crippen molar-refractivity contribution in [3.63, 3.8) is 0 Å². The number of amides is 1. The minimum absolute atomic E-state index is 0.00447. The van der Waals surface area contributed by atoms with Gasteiger partial charge < -0.3 is 19.8 Å². The van der Waals surface area contributed by atoms with E-state index in [0.29, 0.717) is 18.3 Å². The Morgan fingerprint density at radius 1 is 0.946 bits per heavy atom. The quantitative estimate of drug-likeness (QED) is 0.363. The van der Waals surface area contributed by atoms with E-state index in [4.69, 9.17) is 9.47 Å². The first-order chi connectivity index (χ1) is 17.9. The van der Waals surface area contributed by atoms with E-state index in [1.165, 1.54) is 32.1 Å². The van der Waals surface area contributed by atoms with E-state index < -0.39 is 11.6 Å². The molecule has 6 heteroatoms. The molecule has 6 nitrogen and oxygen atoms in total. The van der Waals surface area contributed by atoms with Gasteiger partial charge in [0.15, 0.2) is 0 Å². The molecular formula is C31H36N2O4. The number of H-pyrrole nitrogens is 1. The summed E-state index contributed by atoms with van der Waals surface area (Å²) in [6.45, 7) is 2.12. The van der Waals surface area contributed by atoms with Gasteiger partial charge in [-0.05, 0) is 86.3 Å². The molecule has 1 heterocycles. The minimum atomic E-state index is -0.859. The van der Waals surface area contributed by atoms with E-state index in [-0.39, 0.29) is 25.1 Å². The summed E-state index contributed by atoms with van der Waals surface area (Å²) < 4.78 is 11.7. The molecule has 4 aliphatic rings. The number of aromatic amines is 1. The molecule has 4 saturated carbocycles. The highest BCUT2D eigenvalue weighted by molar-refractivity contribution is 5.83. The van der Waals surface area contributed by atoms with Crippen molar-refractivity contribution in [2.45, 2.75) is 70.1 Å². The predicted molar refractivity (Wildman–Crippen MR) is 142 cm³/mol. The van der Waals surface area contributed by atoms with Crippen LogP contribution in [0.4, 0.5) is 4.79 Å². The molecule has 4 fully saturated rings. The summed E-state index contributed by atoms with van der Waals surface area (Å²) in [4.78, 5) is 29.6. The van der Waals surface area contributed by atoms with E-state index in [9.17, 15) is 9.59 Å². The topological polar surface area (TPSA) is 80.4 Å². The first-order valence-corrected chi connectivity index (χ1v) is 13.7. The van der Waals surface area contributed by atoms with Crippen molar-refractivity contribution >= 4 is 23.0 Å². The summed E-state index contributed by atoms with van der Waals surface area (Å²) >= 11 is 0. The van der Waals surface area contributed by atoms with Crippen LogP contribution in [0.25, 0.3) is 10.9 Å². The number of fused-ring (bicyclic) bond motifs is 1. The Hall–Kier alpha value is -3.28. The second kappa shape index (κ2) is 9.88. The van der Waals surface area contributed by atoms with Gasteiger partial charge in [-0.3, -0.25) is 4.79 Å². The van der Waals surface area contributed by atoms with Crippen LogP contribution in [0.3, 0.4) is 0 Å². The second-order valence-corrected chi connectivity index (χ2v) is 11.8. The predicted octanol–water partition coefficient (Wildman–Crippen LogP) is 6.15. The molecule has 0 aliphatic heterocycles. The molecule has 7 rings (SSSR count). The van der Waals surface area contributed by atoms with Crippen LogP contribution in [0, 0.1) is 23.7 Å². The van der Waals surface area contributed by atoms with Gasteiger partial charge in [0, 0.05) is 17.1 Å². The SMILES string of the molecule is C[C@](CC(=O)OCc1ccccc1)(Cc1c[nH]c2ccccc12)NC(=O)OC1C2CC3CC(C2)CC1C3. The molecule has 3 aromatic rings. The smallest absolute Gasteiger partial charge is 0.407 e. The van der Waals surface area contributed by atoms with E-state index in [1.54, 1.807) is 0 Å². The minimum Gasteiger partial charge on any atom is -0.461 e. The lowest BCUT2D eigenvalue weighted by atomic mass is 9.55. The van der Waals surface area contributed by atoms with Crippen LogP contribution in [0.2, 0.25) is 0 Å². The zero-order valence-corrected chi connectivity index (χ0v) is 21.5. The van der Waals surface area contributed by atoms with E-state index in [1.807, 2.05) is 61.7 Å². The Kier molecular flexibility index (Phi) is 6.43. The Morgan fingerprint density at radius 3 is 2.35 bits per heavy atom. The number of alkyl carbamates (subject to hydrolysis) is 1. The Balaban J connectivity index is 1.16. The third-order valence-corrected chi connectivity index (χ3v) is 8.82. The molecule has 0 radical (unpaired) electrons. The summed E-state index contributed by atoms with van der Waals surface area (Å²) in [5.74, 6) is 2.26. The molecule has 37 heavy (non-hydrogen) atoms. The molecule has 0 unspecified atom stereocenters. The first-order valence-electron chi connectivity index (χ1n) is 13.7. The molecule has 2 aromatic carbocycles. The third-order valence-electron chi connectivity index (χ3n) is 8.82. The fourth-order valence-corrected chi connectivity index (χ4v) is 7.42. The fraction of sp³-hybridized carbons (Fsp3) is 0.484. The molecule has 0 saturated heterocycles. The van der Waals surface area contributed by atoms with Crippen molar-refractivity contribution in [2.75, 3.05) is 0 Å². The number of para-hydroxylation sites is 1. The lowest BCUT2D eigenvalue weighted by Gasteiger charge is -2.53. The van der Waals surface area contributed by atoms with Gasteiger partial charge in [0.2, 0.25) is 0 Å². The molecular weight excluding hydrogens is 464 g/mol. The molecule has 1 amide bonds. The summed E-state index contributed by atoms with van der Waals surface area (Å²) in [5, 5.41) is 4.19. The van der Waals surface area contributed by atoms with Gasteiger partial charge in [-0.1, -0.05) is 48.5 Å². The molecule has 0 spiro atoms. The van der Waals surface area contributed by atoms with Crippen molar-refractivity contribution in [1.82, 2.24) is 10.3 Å². The molecule has 4 bridgehead atoms. The van der Waals surface area contributed by atoms with Gasteiger partial charge in [0.1, 0.15) is 12.7 Å². The monoisotopic (exact) mass is 500 g/mol. The molecule has 4 aliphatic carbocycles. The Labute approximate surface area is 218 Å². The number of ether oxygens (including phenoxy) is 2. The van der Waals surface area contributed by atoms with Crippen LogP contribution in [-0.4, -0.2) is 28.7 Å². The summed E-state index contributed by atoms with van der Waals surface area (Å²) in [5.41, 5.74) is 2.15. The maximum Gasteiger partial charge on any atom is 0.407 e. The zero-order chi connectivity index (χ0) is 25.4. The lowest BCUT2D eigenvalue weighted by molar-refractivity contribution is -0.146. The second-order valence-electron chi connectivity index (χ2n) is 11.8. The van der Waals surface area contributed by atoms with Crippen LogP contribution in [0.15, 0.2) is 60.8 Å². The Bertz CT molecular complexity index is 1240. The average Bonchev–Trinajstić information content (AvgIpc) is 3.27. The maximum atomic E-state index is 13.3. The number of rotatable bonds is 8. The standard InChI is InChI=1S/C31H36N2O4/c1-31(16-25-18-32-27-10-6-5-9-26(25)27,17-28(34)36-19-20-7-3-2-4-8-20)33-30(35)37-29-23-12-21-11-22(14-23)15-24(29)13-21/h2-10,18,21-24,29,32H,11-17,19H2,1H3,(H,33,35)/t21?,22?,23?,24?,29?,31-/m1/s1. The summed E-state index contributed by atoms with van der Waals surface area (Å²) in [6.07, 6.45) is 8.16. The van der Waals surface area contributed by atoms with E-state index >= 15 is 0 Å². The highest BCUT2D eigenvalue weighted by atomic mass is 16.6. The fourth-order valence-electron chi connectivity index (χ4n) is 7.42. The Morgan fingerprint density at radius 2 is 1.62 bits per heavy atom. The van der Waals surface area contributed by atoms with Crippen molar-refractivity contribution in [2.24, 2.45) is 23.7 Å². The van der Waals surface area contributed by atoms with Crippen LogP contribution in [0.1, 0.15) is 56.6 Å². The van der Waals surface area contributed by atoms with Crippen molar-refractivity contribution < 1.29 is 19.1 Å². The maximum absolute atomic E-state index is 13.3. The number of esters is 1. The molecule has 2 N–H and O–H groups in total. The first kappa shape index (κ1) is 24.1. The van der Waals surface area contributed by atoms with Gasteiger partial charge in [-0.25, -0.2) is 4.79 Å². The largest absolute Gasteiger partial charge is 0.461 e. The number of nitrogens with one attached hydrogen (secondary N) is 2. The van der Waals surface area contributed by atoms with E-state index in [2.05, 4.69) is 16.4 Å². The normalized spacial score (nSPS) is 27.5. The van der Waals surface area contributed by atoms with Crippen LogP contribution < -0.4 is 5.32 Å². The van der Waals surface area contributed by atoms with Crippen molar-refractivity contribution in [3.8, 4) is 0 Å².